The number of rotatable bonds is 7. The fraction of sp³-hybridized carbons (Fsp3) is 0.235. The largest absolute Gasteiger partial charge is 0.493 e. The first-order valence-electron chi connectivity index (χ1n) is 7.30. The fourth-order valence-electron chi connectivity index (χ4n) is 2.03. The van der Waals surface area contributed by atoms with E-state index < -0.39 is 5.91 Å². The van der Waals surface area contributed by atoms with Crippen molar-refractivity contribution in [2.75, 3.05) is 19.5 Å². The standard InChI is InChI=1S/C17H19N3O4/c1-23-14-6-5-13(8-15(14)24-2)20-17(22)9-16(21)19-11-12-4-3-7-18-10-12/h3-8,10H,9,11H2,1-2H3,(H,19,21)(H,20,22). The van der Waals surface area contributed by atoms with Gasteiger partial charge in [0, 0.05) is 30.7 Å². The number of aromatic nitrogens is 1. The summed E-state index contributed by atoms with van der Waals surface area (Å²) in [6.07, 6.45) is 3.04. The van der Waals surface area contributed by atoms with Gasteiger partial charge in [-0.25, -0.2) is 0 Å². The molecule has 0 aliphatic rings. The number of carbonyl (C=O) groups excluding carboxylic acids is 2. The molecule has 2 rings (SSSR count). The average molecular weight is 329 g/mol. The van der Waals surface area contributed by atoms with Crippen LogP contribution in [0.5, 0.6) is 11.5 Å². The van der Waals surface area contributed by atoms with Crippen molar-refractivity contribution in [3.8, 4) is 11.5 Å². The Balaban J connectivity index is 1.85. The van der Waals surface area contributed by atoms with Crippen molar-refractivity contribution in [1.29, 1.82) is 0 Å². The van der Waals surface area contributed by atoms with Crippen LogP contribution in [0.15, 0.2) is 42.7 Å². The van der Waals surface area contributed by atoms with Crippen LogP contribution in [-0.4, -0.2) is 31.0 Å². The van der Waals surface area contributed by atoms with E-state index in [1.165, 1.54) is 14.2 Å². The first-order chi connectivity index (χ1) is 11.6. The Hall–Kier alpha value is -3.09. The van der Waals surface area contributed by atoms with Crippen molar-refractivity contribution < 1.29 is 19.1 Å². The van der Waals surface area contributed by atoms with Crippen molar-refractivity contribution in [2.45, 2.75) is 13.0 Å². The van der Waals surface area contributed by atoms with Crippen LogP contribution in [0.25, 0.3) is 0 Å². The normalized spacial score (nSPS) is 9.92. The quantitative estimate of drug-likeness (QED) is 0.755. The molecule has 7 heteroatoms. The molecule has 7 nitrogen and oxygen atoms in total. The number of nitrogens with one attached hydrogen (secondary N) is 2. The molecule has 0 atom stereocenters. The Kier molecular flexibility index (Phi) is 6.13. The van der Waals surface area contributed by atoms with E-state index in [1.807, 2.05) is 6.07 Å². The lowest BCUT2D eigenvalue weighted by Gasteiger charge is -2.10. The molecule has 0 aliphatic carbocycles. The smallest absolute Gasteiger partial charge is 0.233 e. The van der Waals surface area contributed by atoms with Crippen molar-refractivity contribution >= 4 is 17.5 Å². The zero-order valence-corrected chi connectivity index (χ0v) is 13.5. The van der Waals surface area contributed by atoms with E-state index in [-0.39, 0.29) is 12.3 Å². The number of nitrogens with zero attached hydrogens (tertiary/aromatic N) is 1. The van der Waals surface area contributed by atoms with E-state index in [0.717, 1.165) is 5.56 Å². The molecular formula is C17H19N3O4. The van der Waals surface area contributed by atoms with Crippen molar-refractivity contribution in [1.82, 2.24) is 10.3 Å². The number of ether oxygens (including phenoxy) is 2. The predicted octanol–water partition coefficient (Wildman–Crippen LogP) is 1.74. The van der Waals surface area contributed by atoms with E-state index in [9.17, 15) is 9.59 Å². The third kappa shape index (κ3) is 4.98. The number of carbonyl (C=O) groups is 2. The lowest BCUT2D eigenvalue weighted by molar-refractivity contribution is -0.126. The van der Waals surface area contributed by atoms with Gasteiger partial charge in [-0.1, -0.05) is 6.07 Å². The molecule has 0 radical (unpaired) electrons. The molecule has 2 N–H and O–H groups in total. The fourth-order valence-corrected chi connectivity index (χ4v) is 2.03. The van der Waals surface area contributed by atoms with Gasteiger partial charge in [-0.05, 0) is 23.8 Å². The van der Waals surface area contributed by atoms with Gasteiger partial charge in [-0.15, -0.1) is 0 Å². The number of methoxy groups -OCH3 is 2. The molecule has 0 spiro atoms. The van der Waals surface area contributed by atoms with Crippen molar-refractivity contribution in [3.63, 3.8) is 0 Å². The molecule has 1 aromatic carbocycles. The summed E-state index contributed by atoms with van der Waals surface area (Å²) in [6, 6.07) is 8.61. The Labute approximate surface area is 140 Å². The second-order valence-corrected chi connectivity index (χ2v) is 4.93. The van der Waals surface area contributed by atoms with Crippen LogP contribution in [0, 0.1) is 0 Å². The third-order valence-electron chi connectivity index (χ3n) is 3.20. The highest BCUT2D eigenvalue weighted by molar-refractivity contribution is 6.03. The number of amides is 2. The van der Waals surface area contributed by atoms with E-state index in [4.69, 9.17) is 9.47 Å². The number of benzene rings is 1. The molecule has 1 aromatic heterocycles. The molecule has 0 unspecified atom stereocenters. The van der Waals surface area contributed by atoms with Crippen LogP contribution in [0.4, 0.5) is 5.69 Å². The second-order valence-electron chi connectivity index (χ2n) is 4.93. The Bertz CT molecular complexity index is 704. The minimum atomic E-state index is -0.411. The first kappa shape index (κ1) is 17.3. The van der Waals surface area contributed by atoms with Crippen LogP contribution in [0.3, 0.4) is 0 Å². The summed E-state index contributed by atoms with van der Waals surface area (Å²) in [4.78, 5) is 27.7. The minimum Gasteiger partial charge on any atom is -0.493 e. The molecular weight excluding hydrogens is 310 g/mol. The zero-order chi connectivity index (χ0) is 17.4. The highest BCUT2D eigenvalue weighted by Gasteiger charge is 2.11. The van der Waals surface area contributed by atoms with Gasteiger partial charge in [0.1, 0.15) is 6.42 Å². The molecule has 0 aliphatic heterocycles. The first-order valence-corrected chi connectivity index (χ1v) is 7.30. The van der Waals surface area contributed by atoms with Crippen molar-refractivity contribution in [2.24, 2.45) is 0 Å². The van der Waals surface area contributed by atoms with Crippen LogP contribution in [0.2, 0.25) is 0 Å². The maximum atomic E-state index is 11.9. The highest BCUT2D eigenvalue weighted by atomic mass is 16.5. The molecule has 2 aromatic rings. The Morgan fingerprint density at radius 2 is 1.88 bits per heavy atom. The lowest BCUT2D eigenvalue weighted by Crippen LogP contribution is -2.27. The van der Waals surface area contributed by atoms with Crippen molar-refractivity contribution in [3.05, 3.63) is 48.3 Å². The van der Waals surface area contributed by atoms with Gasteiger partial charge >= 0.3 is 0 Å². The van der Waals surface area contributed by atoms with Crippen LogP contribution >= 0.6 is 0 Å². The SMILES string of the molecule is COc1ccc(NC(=O)CC(=O)NCc2cccnc2)cc1OC. The molecule has 1 heterocycles. The van der Waals surface area contributed by atoms with Gasteiger partial charge < -0.3 is 20.1 Å². The van der Waals surface area contributed by atoms with Gasteiger partial charge in [0.2, 0.25) is 11.8 Å². The van der Waals surface area contributed by atoms with E-state index in [0.29, 0.717) is 23.7 Å². The topological polar surface area (TPSA) is 89.5 Å². The van der Waals surface area contributed by atoms with Gasteiger partial charge in [-0.2, -0.15) is 0 Å². The lowest BCUT2D eigenvalue weighted by atomic mass is 10.2. The summed E-state index contributed by atoms with van der Waals surface area (Å²) in [7, 11) is 3.04. The average Bonchev–Trinajstić information content (AvgIpc) is 2.60. The Morgan fingerprint density at radius 1 is 1.08 bits per heavy atom. The predicted molar refractivity (Wildman–Crippen MR) is 88.9 cm³/mol. The van der Waals surface area contributed by atoms with Crippen LogP contribution < -0.4 is 20.1 Å². The maximum Gasteiger partial charge on any atom is 0.233 e. The molecule has 0 bridgehead atoms. The van der Waals surface area contributed by atoms with E-state index >= 15 is 0 Å². The van der Waals surface area contributed by atoms with Gasteiger partial charge in [0.05, 0.1) is 14.2 Å². The molecule has 2 amide bonds. The number of hydrogen-bond acceptors (Lipinski definition) is 5. The summed E-state index contributed by atoms with van der Waals surface area (Å²) in [5, 5.41) is 5.32. The summed E-state index contributed by atoms with van der Waals surface area (Å²) in [5.41, 5.74) is 1.39. The zero-order valence-electron chi connectivity index (χ0n) is 13.5. The van der Waals surface area contributed by atoms with Crippen LogP contribution in [0.1, 0.15) is 12.0 Å². The molecule has 24 heavy (non-hydrogen) atoms. The molecule has 126 valence electrons. The third-order valence-corrected chi connectivity index (χ3v) is 3.20. The van der Waals surface area contributed by atoms with Crippen LogP contribution in [-0.2, 0) is 16.1 Å². The van der Waals surface area contributed by atoms with E-state index in [2.05, 4.69) is 15.6 Å². The second kappa shape index (κ2) is 8.52. The summed E-state index contributed by atoms with van der Waals surface area (Å²) in [6.45, 7) is 0.330. The highest BCUT2D eigenvalue weighted by Crippen LogP contribution is 2.29. The maximum absolute atomic E-state index is 11.9. The van der Waals surface area contributed by atoms with Gasteiger partial charge in [-0.3, -0.25) is 14.6 Å². The summed E-state index contributed by atoms with van der Waals surface area (Å²) >= 11 is 0. The Morgan fingerprint density at radius 3 is 2.54 bits per heavy atom. The molecule has 0 saturated carbocycles. The summed E-state index contributed by atoms with van der Waals surface area (Å²) in [5.74, 6) is 0.281. The minimum absolute atomic E-state index is 0.269. The monoisotopic (exact) mass is 329 g/mol. The molecule has 0 saturated heterocycles. The summed E-state index contributed by atoms with van der Waals surface area (Å²) < 4.78 is 10.3. The number of pyridine rings is 1. The number of anilines is 1. The number of hydrogen-bond donors (Lipinski definition) is 2. The molecule has 0 fully saturated rings. The van der Waals surface area contributed by atoms with Gasteiger partial charge in [0.25, 0.3) is 0 Å². The van der Waals surface area contributed by atoms with E-state index in [1.54, 1.807) is 36.7 Å². The van der Waals surface area contributed by atoms with Gasteiger partial charge in [0.15, 0.2) is 11.5 Å².